The lowest BCUT2D eigenvalue weighted by Gasteiger charge is -2.43. The summed E-state index contributed by atoms with van der Waals surface area (Å²) in [5.41, 5.74) is -0.526. The molecule has 1 atom stereocenters. The Bertz CT molecular complexity index is 412. The lowest BCUT2D eigenvalue weighted by atomic mass is 10.0. The van der Waals surface area contributed by atoms with Crippen molar-refractivity contribution in [2.45, 2.75) is 25.5 Å². The number of hydrogen-bond acceptors (Lipinski definition) is 5. The molecule has 112 valence electrons. The van der Waals surface area contributed by atoms with Gasteiger partial charge in [-0.1, -0.05) is 0 Å². The molecule has 2 aliphatic heterocycles. The van der Waals surface area contributed by atoms with E-state index in [9.17, 15) is 8.42 Å². The standard InChI is InChI=1S/C12H24N2O4S/c1-11(2)13-4-6-17-10-12(8-13)9-14(5-7-18-12)19(3,15)16/h11H,4-10H2,1-3H3/t12-/m1/s1. The first-order valence-electron chi connectivity index (χ1n) is 6.73. The van der Waals surface area contributed by atoms with Gasteiger partial charge < -0.3 is 9.47 Å². The van der Waals surface area contributed by atoms with Gasteiger partial charge in [0.15, 0.2) is 0 Å². The van der Waals surface area contributed by atoms with E-state index in [4.69, 9.17) is 9.47 Å². The average molecular weight is 292 g/mol. The molecular weight excluding hydrogens is 268 g/mol. The Labute approximate surface area is 115 Å². The molecule has 0 amide bonds. The van der Waals surface area contributed by atoms with Gasteiger partial charge in [-0.3, -0.25) is 4.90 Å². The fourth-order valence-electron chi connectivity index (χ4n) is 2.65. The highest BCUT2D eigenvalue weighted by Gasteiger charge is 2.42. The third-order valence-electron chi connectivity index (χ3n) is 3.79. The normalized spacial score (nSPS) is 31.8. The van der Waals surface area contributed by atoms with E-state index in [1.54, 1.807) is 0 Å². The van der Waals surface area contributed by atoms with Crippen LogP contribution in [0.25, 0.3) is 0 Å². The number of hydrogen-bond donors (Lipinski definition) is 0. The molecule has 19 heavy (non-hydrogen) atoms. The second-order valence-corrected chi connectivity index (χ2v) is 7.73. The Kier molecular flexibility index (Phi) is 4.52. The Morgan fingerprint density at radius 1 is 1.16 bits per heavy atom. The van der Waals surface area contributed by atoms with Crippen molar-refractivity contribution in [2.24, 2.45) is 0 Å². The zero-order valence-corrected chi connectivity index (χ0v) is 12.8. The van der Waals surface area contributed by atoms with E-state index in [0.29, 0.717) is 39.0 Å². The molecule has 0 unspecified atom stereocenters. The van der Waals surface area contributed by atoms with Crippen LogP contribution in [0.2, 0.25) is 0 Å². The highest BCUT2D eigenvalue weighted by molar-refractivity contribution is 7.88. The zero-order valence-electron chi connectivity index (χ0n) is 12.0. The van der Waals surface area contributed by atoms with Crippen LogP contribution in [0.5, 0.6) is 0 Å². The molecule has 2 fully saturated rings. The van der Waals surface area contributed by atoms with Crippen LogP contribution in [0.15, 0.2) is 0 Å². The Hall–Kier alpha value is -0.210. The molecule has 0 aromatic rings. The number of rotatable bonds is 2. The molecule has 0 N–H and O–H groups in total. The van der Waals surface area contributed by atoms with Crippen molar-refractivity contribution in [1.82, 2.24) is 9.21 Å². The van der Waals surface area contributed by atoms with Crippen molar-refractivity contribution >= 4 is 10.0 Å². The van der Waals surface area contributed by atoms with Crippen molar-refractivity contribution in [3.05, 3.63) is 0 Å². The first-order valence-corrected chi connectivity index (χ1v) is 8.58. The highest BCUT2D eigenvalue weighted by Crippen LogP contribution is 2.24. The predicted molar refractivity (Wildman–Crippen MR) is 72.6 cm³/mol. The second-order valence-electron chi connectivity index (χ2n) is 5.74. The molecule has 0 aromatic heterocycles. The van der Waals surface area contributed by atoms with E-state index >= 15 is 0 Å². The van der Waals surface area contributed by atoms with E-state index in [-0.39, 0.29) is 0 Å². The van der Waals surface area contributed by atoms with E-state index < -0.39 is 15.6 Å². The number of sulfonamides is 1. The summed E-state index contributed by atoms with van der Waals surface area (Å²) < 4.78 is 36.5. The summed E-state index contributed by atoms with van der Waals surface area (Å²) in [5, 5.41) is 0. The van der Waals surface area contributed by atoms with Gasteiger partial charge in [-0.25, -0.2) is 8.42 Å². The first-order chi connectivity index (χ1) is 8.82. The number of ether oxygens (including phenoxy) is 2. The summed E-state index contributed by atoms with van der Waals surface area (Å²) in [6.07, 6.45) is 1.25. The van der Waals surface area contributed by atoms with Crippen LogP contribution in [0.4, 0.5) is 0 Å². The maximum atomic E-state index is 11.7. The van der Waals surface area contributed by atoms with Crippen LogP contribution in [0, 0.1) is 0 Å². The number of morpholine rings is 1. The Morgan fingerprint density at radius 3 is 2.53 bits per heavy atom. The van der Waals surface area contributed by atoms with E-state index in [0.717, 1.165) is 13.1 Å². The zero-order chi connectivity index (χ0) is 14.1. The van der Waals surface area contributed by atoms with Crippen LogP contribution in [0.3, 0.4) is 0 Å². The van der Waals surface area contributed by atoms with Crippen LogP contribution in [-0.4, -0.2) is 81.5 Å². The maximum Gasteiger partial charge on any atom is 0.211 e. The summed E-state index contributed by atoms with van der Waals surface area (Å²) in [7, 11) is -3.17. The molecule has 0 saturated carbocycles. The molecule has 6 nitrogen and oxygen atoms in total. The SMILES string of the molecule is CC(C)N1CCOC[C@@]2(C1)CN(S(C)(=O)=O)CCO2. The van der Waals surface area contributed by atoms with Crippen LogP contribution in [-0.2, 0) is 19.5 Å². The largest absolute Gasteiger partial charge is 0.377 e. The van der Waals surface area contributed by atoms with Gasteiger partial charge in [-0.05, 0) is 13.8 Å². The predicted octanol–water partition coefficient (Wildman–Crippen LogP) is -0.242. The highest BCUT2D eigenvalue weighted by atomic mass is 32.2. The molecule has 2 saturated heterocycles. The first kappa shape index (κ1) is 15.2. The van der Waals surface area contributed by atoms with Gasteiger partial charge in [0, 0.05) is 32.2 Å². The van der Waals surface area contributed by atoms with Gasteiger partial charge in [0.2, 0.25) is 10.0 Å². The summed E-state index contributed by atoms with van der Waals surface area (Å²) in [6, 6.07) is 0.399. The second kappa shape index (κ2) is 5.65. The minimum atomic E-state index is -3.17. The van der Waals surface area contributed by atoms with Crippen molar-refractivity contribution in [2.75, 3.05) is 52.3 Å². The van der Waals surface area contributed by atoms with E-state index in [1.807, 2.05) is 0 Å². The van der Waals surface area contributed by atoms with Gasteiger partial charge in [0.05, 0.1) is 26.1 Å². The minimum Gasteiger partial charge on any atom is -0.377 e. The third kappa shape index (κ3) is 3.66. The molecular formula is C12H24N2O4S. The fourth-order valence-corrected chi connectivity index (χ4v) is 3.53. The molecule has 1 spiro atoms. The van der Waals surface area contributed by atoms with Gasteiger partial charge >= 0.3 is 0 Å². The van der Waals surface area contributed by atoms with Crippen LogP contribution >= 0.6 is 0 Å². The fraction of sp³-hybridized carbons (Fsp3) is 1.00. The van der Waals surface area contributed by atoms with Gasteiger partial charge in [0.25, 0.3) is 0 Å². The summed E-state index contributed by atoms with van der Waals surface area (Å²) >= 11 is 0. The maximum absolute atomic E-state index is 11.7. The molecule has 2 aliphatic rings. The molecule has 7 heteroatoms. The lowest BCUT2D eigenvalue weighted by Crippen LogP contribution is -2.60. The lowest BCUT2D eigenvalue weighted by molar-refractivity contribution is -0.127. The van der Waals surface area contributed by atoms with Crippen molar-refractivity contribution in [1.29, 1.82) is 0 Å². The summed E-state index contributed by atoms with van der Waals surface area (Å²) in [6.45, 7) is 8.23. The molecule has 0 aliphatic carbocycles. The molecule has 2 rings (SSSR count). The molecule has 0 aromatic carbocycles. The Balaban J connectivity index is 2.15. The van der Waals surface area contributed by atoms with E-state index in [2.05, 4.69) is 18.7 Å². The Morgan fingerprint density at radius 2 is 1.89 bits per heavy atom. The van der Waals surface area contributed by atoms with Crippen molar-refractivity contribution in [3.8, 4) is 0 Å². The smallest absolute Gasteiger partial charge is 0.211 e. The topological polar surface area (TPSA) is 59.1 Å². The summed E-state index contributed by atoms with van der Waals surface area (Å²) in [5.74, 6) is 0. The molecule has 0 radical (unpaired) electrons. The van der Waals surface area contributed by atoms with Crippen molar-refractivity contribution < 1.29 is 17.9 Å². The third-order valence-corrected chi connectivity index (χ3v) is 5.04. The van der Waals surface area contributed by atoms with E-state index in [1.165, 1.54) is 10.6 Å². The van der Waals surface area contributed by atoms with Crippen LogP contribution < -0.4 is 0 Å². The number of nitrogens with zero attached hydrogens (tertiary/aromatic N) is 2. The van der Waals surface area contributed by atoms with Crippen LogP contribution in [0.1, 0.15) is 13.8 Å². The minimum absolute atomic E-state index is 0.384. The summed E-state index contributed by atoms with van der Waals surface area (Å²) in [4.78, 5) is 2.29. The quantitative estimate of drug-likeness (QED) is 0.703. The average Bonchev–Trinajstić information content (AvgIpc) is 2.51. The molecule has 0 bridgehead atoms. The van der Waals surface area contributed by atoms with Gasteiger partial charge in [-0.2, -0.15) is 4.31 Å². The van der Waals surface area contributed by atoms with Crippen molar-refractivity contribution in [3.63, 3.8) is 0 Å². The molecule has 2 heterocycles. The van der Waals surface area contributed by atoms with Gasteiger partial charge in [0.1, 0.15) is 5.60 Å². The monoisotopic (exact) mass is 292 g/mol. The van der Waals surface area contributed by atoms with Gasteiger partial charge in [-0.15, -0.1) is 0 Å².